The Balaban J connectivity index is 3.15. The smallest absolute Gasteiger partial charge is 0.318 e. The number of rotatable bonds is 6. The lowest BCUT2D eigenvalue weighted by atomic mass is 10.5. The molecule has 0 spiro atoms. The van der Waals surface area contributed by atoms with Gasteiger partial charge in [-0.15, -0.1) is 0 Å². The summed E-state index contributed by atoms with van der Waals surface area (Å²) in [4.78, 5) is 21.4. The van der Waals surface area contributed by atoms with Gasteiger partial charge in [0.1, 0.15) is 6.54 Å². The number of aromatic nitrogens is 2. The normalized spacial score (nSPS) is 11.7. The van der Waals surface area contributed by atoms with E-state index in [0.717, 1.165) is 4.68 Å². The van der Waals surface area contributed by atoms with E-state index in [9.17, 15) is 18.0 Å². The number of carboxylic acid groups (broad SMARTS) is 1. The van der Waals surface area contributed by atoms with Gasteiger partial charge in [-0.1, -0.05) is 0 Å². The van der Waals surface area contributed by atoms with Crippen molar-refractivity contribution < 1.29 is 23.1 Å². The van der Waals surface area contributed by atoms with Crippen LogP contribution >= 0.6 is 0 Å². The van der Waals surface area contributed by atoms with Gasteiger partial charge in [0, 0.05) is 7.05 Å². The van der Waals surface area contributed by atoms with Crippen LogP contribution in [0.4, 0.5) is 0 Å². The van der Waals surface area contributed by atoms with Gasteiger partial charge in [0.05, 0.1) is 12.7 Å². The molecular weight excluding hydrogens is 264 g/mol. The van der Waals surface area contributed by atoms with Gasteiger partial charge in [0.15, 0.2) is 5.03 Å². The number of nitrogens with zero attached hydrogens (tertiary/aromatic N) is 3. The summed E-state index contributed by atoms with van der Waals surface area (Å²) in [6, 6.07) is 1.20. The summed E-state index contributed by atoms with van der Waals surface area (Å²) in [5.41, 5.74) is 4.90. The predicted molar refractivity (Wildman–Crippen MR) is 58.8 cm³/mol. The molecule has 1 rings (SSSR count). The van der Waals surface area contributed by atoms with E-state index in [1.54, 1.807) is 0 Å². The topological polar surface area (TPSA) is 136 Å². The highest BCUT2D eigenvalue weighted by Gasteiger charge is 2.30. The summed E-state index contributed by atoms with van der Waals surface area (Å²) in [6.07, 6.45) is 1.25. The number of sulfonamides is 1. The molecule has 1 aromatic rings. The molecule has 0 saturated carbocycles. The summed E-state index contributed by atoms with van der Waals surface area (Å²) in [6.45, 7) is -1.56. The van der Waals surface area contributed by atoms with Gasteiger partial charge in [0.2, 0.25) is 5.91 Å². The van der Waals surface area contributed by atoms with Crippen LogP contribution in [0.2, 0.25) is 0 Å². The Kier molecular flexibility index (Phi) is 4.03. The summed E-state index contributed by atoms with van der Waals surface area (Å²) >= 11 is 0. The molecule has 1 heterocycles. The highest BCUT2D eigenvalue weighted by atomic mass is 32.2. The lowest BCUT2D eigenvalue weighted by Crippen LogP contribution is -2.42. The highest BCUT2D eigenvalue weighted by molar-refractivity contribution is 7.89. The average molecular weight is 276 g/mol. The largest absolute Gasteiger partial charge is 0.480 e. The summed E-state index contributed by atoms with van der Waals surface area (Å²) in [7, 11) is -2.74. The Hall–Kier alpha value is -1.94. The molecule has 0 aromatic carbocycles. The molecule has 10 heteroatoms. The Labute approximate surface area is 103 Å². The van der Waals surface area contributed by atoms with Gasteiger partial charge >= 0.3 is 5.97 Å². The number of hydrogen-bond acceptors (Lipinski definition) is 5. The first-order valence-electron chi connectivity index (χ1n) is 4.73. The van der Waals surface area contributed by atoms with Crippen molar-refractivity contribution in [1.29, 1.82) is 0 Å². The van der Waals surface area contributed by atoms with Crippen LogP contribution in [0.15, 0.2) is 17.3 Å². The van der Waals surface area contributed by atoms with Crippen LogP contribution in [-0.2, 0) is 26.7 Å². The number of carbonyl (C=O) groups is 2. The fourth-order valence-corrected chi connectivity index (χ4v) is 2.75. The standard InChI is InChI=1S/C8H12N4O5S/c1-11-7(2-3-10-11)18(16,17)12(4-6(9)13)5-8(14)15/h2-3H,4-5H2,1H3,(H2,9,13)(H,14,15). The zero-order valence-electron chi connectivity index (χ0n) is 9.48. The first kappa shape index (κ1) is 14.1. The second-order valence-corrected chi connectivity index (χ2v) is 5.31. The fourth-order valence-electron chi connectivity index (χ4n) is 1.30. The van der Waals surface area contributed by atoms with E-state index in [4.69, 9.17) is 10.8 Å². The zero-order valence-corrected chi connectivity index (χ0v) is 10.3. The van der Waals surface area contributed by atoms with E-state index in [0.29, 0.717) is 4.31 Å². The van der Waals surface area contributed by atoms with Crippen molar-refractivity contribution in [2.75, 3.05) is 13.1 Å². The van der Waals surface area contributed by atoms with E-state index in [1.165, 1.54) is 19.3 Å². The molecule has 0 aliphatic heterocycles. The molecule has 0 atom stereocenters. The van der Waals surface area contributed by atoms with E-state index in [-0.39, 0.29) is 5.03 Å². The molecule has 9 nitrogen and oxygen atoms in total. The van der Waals surface area contributed by atoms with E-state index in [1.807, 2.05) is 0 Å². The minimum absolute atomic E-state index is 0.218. The van der Waals surface area contributed by atoms with Crippen molar-refractivity contribution >= 4 is 21.9 Å². The second-order valence-electron chi connectivity index (χ2n) is 3.43. The third kappa shape index (κ3) is 3.05. The Morgan fingerprint density at radius 2 is 2.11 bits per heavy atom. The molecule has 0 saturated heterocycles. The molecule has 18 heavy (non-hydrogen) atoms. The lowest BCUT2D eigenvalue weighted by Gasteiger charge is -2.18. The van der Waals surface area contributed by atoms with Gasteiger partial charge in [-0.3, -0.25) is 14.3 Å². The Morgan fingerprint density at radius 1 is 1.50 bits per heavy atom. The van der Waals surface area contributed by atoms with Crippen molar-refractivity contribution in [3.8, 4) is 0 Å². The van der Waals surface area contributed by atoms with Crippen LogP contribution in [0.25, 0.3) is 0 Å². The van der Waals surface area contributed by atoms with Gasteiger partial charge in [-0.05, 0) is 6.07 Å². The van der Waals surface area contributed by atoms with Crippen LogP contribution in [0.3, 0.4) is 0 Å². The quantitative estimate of drug-likeness (QED) is 0.615. The number of primary amides is 1. The summed E-state index contributed by atoms with van der Waals surface area (Å²) in [5, 5.41) is 12.1. The molecule has 3 N–H and O–H groups in total. The monoisotopic (exact) mass is 276 g/mol. The summed E-state index contributed by atoms with van der Waals surface area (Å²) < 4.78 is 25.7. The highest BCUT2D eigenvalue weighted by Crippen LogP contribution is 2.13. The van der Waals surface area contributed by atoms with Crippen LogP contribution in [0, 0.1) is 0 Å². The Bertz CT molecular complexity index is 548. The van der Waals surface area contributed by atoms with Gasteiger partial charge in [-0.2, -0.15) is 9.40 Å². The number of carbonyl (C=O) groups excluding carboxylic acids is 1. The maximum atomic E-state index is 12.1. The molecule has 0 aliphatic rings. The number of nitrogens with two attached hydrogens (primary N) is 1. The fraction of sp³-hybridized carbons (Fsp3) is 0.375. The van der Waals surface area contributed by atoms with Crippen molar-refractivity contribution in [2.24, 2.45) is 12.8 Å². The number of hydrogen-bond donors (Lipinski definition) is 2. The SMILES string of the molecule is Cn1nccc1S(=O)(=O)N(CC(N)=O)CC(=O)O. The van der Waals surface area contributed by atoms with E-state index in [2.05, 4.69) is 5.10 Å². The van der Waals surface area contributed by atoms with E-state index < -0.39 is 35.0 Å². The van der Waals surface area contributed by atoms with Crippen molar-refractivity contribution in [3.63, 3.8) is 0 Å². The predicted octanol–water partition coefficient (Wildman–Crippen LogP) is -2.02. The average Bonchev–Trinajstić information content (AvgIpc) is 2.62. The van der Waals surface area contributed by atoms with Gasteiger partial charge < -0.3 is 10.8 Å². The van der Waals surface area contributed by atoms with Crippen molar-refractivity contribution in [2.45, 2.75) is 5.03 Å². The Morgan fingerprint density at radius 3 is 2.50 bits per heavy atom. The minimum Gasteiger partial charge on any atom is -0.480 e. The van der Waals surface area contributed by atoms with Crippen molar-refractivity contribution in [3.05, 3.63) is 12.3 Å². The lowest BCUT2D eigenvalue weighted by molar-refractivity contribution is -0.137. The second kappa shape index (κ2) is 5.14. The van der Waals surface area contributed by atoms with Crippen LogP contribution in [0.1, 0.15) is 0 Å². The molecule has 0 fully saturated rings. The molecule has 0 bridgehead atoms. The number of aryl methyl sites for hydroxylation is 1. The minimum atomic E-state index is -4.13. The molecule has 0 radical (unpaired) electrons. The maximum absolute atomic E-state index is 12.1. The molecule has 1 amide bonds. The van der Waals surface area contributed by atoms with Gasteiger partial charge in [0.25, 0.3) is 10.0 Å². The number of amides is 1. The number of carboxylic acids is 1. The molecular formula is C8H12N4O5S. The van der Waals surface area contributed by atoms with Crippen LogP contribution in [0.5, 0.6) is 0 Å². The first-order chi connectivity index (χ1) is 8.25. The molecule has 0 aliphatic carbocycles. The zero-order chi connectivity index (χ0) is 13.9. The van der Waals surface area contributed by atoms with Crippen LogP contribution in [-0.4, -0.2) is 52.6 Å². The molecule has 100 valence electrons. The number of aliphatic carboxylic acids is 1. The van der Waals surface area contributed by atoms with Crippen LogP contribution < -0.4 is 5.73 Å². The third-order valence-corrected chi connectivity index (χ3v) is 3.89. The maximum Gasteiger partial charge on any atom is 0.318 e. The molecule has 0 unspecified atom stereocenters. The first-order valence-corrected chi connectivity index (χ1v) is 6.17. The van der Waals surface area contributed by atoms with Gasteiger partial charge in [-0.25, -0.2) is 8.42 Å². The van der Waals surface area contributed by atoms with Crippen molar-refractivity contribution in [1.82, 2.24) is 14.1 Å². The van der Waals surface area contributed by atoms with E-state index >= 15 is 0 Å². The molecule has 1 aromatic heterocycles. The third-order valence-electron chi connectivity index (χ3n) is 2.02. The summed E-state index contributed by atoms with van der Waals surface area (Å²) in [5.74, 6) is -2.33.